The molecule has 0 aromatic rings. The Morgan fingerprint density at radius 2 is 2.12 bits per heavy atom. The van der Waals surface area contributed by atoms with E-state index < -0.39 is 17.7 Å². The lowest BCUT2D eigenvalue weighted by atomic mass is 10.0. The van der Waals surface area contributed by atoms with E-state index in [0.717, 1.165) is 6.54 Å². The summed E-state index contributed by atoms with van der Waals surface area (Å²) in [6.07, 6.45) is 0.129. The van der Waals surface area contributed by atoms with Crippen LogP contribution in [0.25, 0.3) is 0 Å². The van der Waals surface area contributed by atoms with E-state index in [1.54, 1.807) is 20.8 Å². The molecule has 1 aliphatic rings. The molecule has 0 aromatic carbocycles. The number of carbonyl (C=O) groups excluding carboxylic acids is 2. The van der Waals surface area contributed by atoms with Gasteiger partial charge in [0, 0.05) is 6.54 Å². The van der Waals surface area contributed by atoms with Crippen LogP contribution in [0, 0.1) is 0 Å². The van der Waals surface area contributed by atoms with Crippen LogP contribution in [0.15, 0.2) is 0 Å². The number of amides is 1. The van der Waals surface area contributed by atoms with Crippen molar-refractivity contribution in [2.75, 3.05) is 20.1 Å². The summed E-state index contributed by atoms with van der Waals surface area (Å²) in [7, 11) is 1.89. The molecule has 92 valence electrons. The zero-order chi connectivity index (χ0) is 12.3. The van der Waals surface area contributed by atoms with Gasteiger partial charge in [0.1, 0.15) is 5.60 Å². The molecule has 1 N–H and O–H groups in total. The van der Waals surface area contributed by atoms with Gasteiger partial charge in [0.15, 0.2) is 5.78 Å². The van der Waals surface area contributed by atoms with Gasteiger partial charge in [-0.25, -0.2) is 4.79 Å². The number of ketones is 1. The van der Waals surface area contributed by atoms with Crippen LogP contribution < -0.4 is 5.32 Å². The molecule has 0 aromatic heterocycles. The standard InChI is InChI=1S/C11H20N2O3/c1-11(2,3)16-10(15)12-8-5-6-13(4)7-9(8)14/h8H,5-7H2,1-4H3,(H,12,15). The molecule has 0 saturated carbocycles. The van der Waals surface area contributed by atoms with E-state index in [1.807, 2.05) is 11.9 Å². The van der Waals surface area contributed by atoms with E-state index in [1.165, 1.54) is 0 Å². The summed E-state index contributed by atoms with van der Waals surface area (Å²) in [6, 6.07) is -0.397. The zero-order valence-electron chi connectivity index (χ0n) is 10.4. The largest absolute Gasteiger partial charge is 0.444 e. The lowest BCUT2D eigenvalue weighted by Gasteiger charge is -2.29. The number of rotatable bonds is 1. The Balaban J connectivity index is 2.43. The van der Waals surface area contributed by atoms with E-state index in [9.17, 15) is 9.59 Å². The summed E-state index contributed by atoms with van der Waals surface area (Å²) in [5.74, 6) is 0.0413. The van der Waals surface area contributed by atoms with Crippen molar-refractivity contribution in [1.29, 1.82) is 0 Å². The molecule has 1 unspecified atom stereocenters. The highest BCUT2D eigenvalue weighted by molar-refractivity contribution is 5.89. The summed E-state index contributed by atoms with van der Waals surface area (Å²) in [6.45, 7) is 6.59. The smallest absolute Gasteiger partial charge is 0.408 e. The molecule has 5 nitrogen and oxygen atoms in total. The zero-order valence-corrected chi connectivity index (χ0v) is 10.4. The fourth-order valence-corrected chi connectivity index (χ4v) is 1.57. The monoisotopic (exact) mass is 228 g/mol. The quantitative estimate of drug-likeness (QED) is 0.720. The van der Waals surface area contributed by atoms with Gasteiger partial charge in [-0.05, 0) is 34.2 Å². The number of likely N-dealkylation sites (N-methyl/N-ethyl adjacent to an activating group) is 1. The fourth-order valence-electron chi connectivity index (χ4n) is 1.57. The highest BCUT2D eigenvalue weighted by Crippen LogP contribution is 2.09. The Bertz CT molecular complexity index is 283. The maximum atomic E-state index is 11.6. The lowest BCUT2D eigenvalue weighted by molar-refractivity contribution is -0.124. The number of hydrogen-bond donors (Lipinski definition) is 1. The number of alkyl carbamates (subject to hydrolysis) is 1. The molecular weight excluding hydrogens is 208 g/mol. The number of Topliss-reactive ketones (excluding diaryl/α,β-unsaturated/α-hetero) is 1. The van der Waals surface area contributed by atoms with Crippen LogP contribution in [0.1, 0.15) is 27.2 Å². The third-order valence-electron chi connectivity index (χ3n) is 2.30. The van der Waals surface area contributed by atoms with E-state index in [2.05, 4.69) is 5.32 Å². The van der Waals surface area contributed by atoms with Gasteiger partial charge in [-0.2, -0.15) is 0 Å². The molecule has 1 saturated heterocycles. The average Bonchev–Trinajstić information content (AvgIpc) is 2.06. The molecule has 0 bridgehead atoms. The van der Waals surface area contributed by atoms with Gasteiger partial charge < -0.3 is 10.1 Å². The number of nitrogens with zero attached hydrogens (tertiary/aromatic N) is 1. The van der Waals surface area contributed by atoms with Crippen molar-refractivity contribution in [3.8, 4) is 0 Å². The fraction of sp³-hybridized carbons (Fsp3) is 0.818. The summed E-state index contributed by atoms with van der Waals surface area (Å²) in [4.78, 5) is 25.0. The van der Waals surface area contributed by atoms with Gasteiger partial charge in [-0.1, -0.05) is 0 Å². The molecule has 0 spiro atoms. The van der Waals surface area contributed by atoms with Gasteiger partial charge in [-0.15, -0.1) is 0 Å². The predicted molar refractivity (Wildman–Crippen MR) is 60.3 cm³/mol. The first-order valence-electron chi connectivity index (χ1n) is 5.49. The highest BCUT2D eigenvalue weighted by atomic mass is 16.6. The normalized spacial score (nSPS) is 23.0. The molecule has 0 radical (unpaired) electrons. The predicted octanol–water partition coefficient (Wildman–Crippen LogP) is 0.784. The van der Waals surface area contributed by atoms with E-state index >= 15 is 0 Å². The molecule has 1 fully saturated rings. The molecule has 1 rings (SSSR count). The topological polar surface area (TPSA) is 58.6 Å². The van der Waals surface area contributed by atoms with Crippen molar-refractivity contribution < 1.29 is 14.3 Å². The van der Waals surface area contributed by atoms with Crippen LogP contribution in [-0.2, 0) is 9.53 Å². The van der Waals surface area contributed by atoms with Crippen LogP contribution in [0.3, 0.4) is 0 Å². The molecule has 16 heavy (non-hydrogen) atoms. The molecular formula is C11H20N2O3. The van der Waals surface area contributed by atoms with Crippen LogP contribution in [0.2, 0.25) is 0 Å². The Labute approximate surface area is 96.1 Å². The first-order valence-corrected chi connectivity index (χ1v) is 5.49. The Morgan fingerprint density at radius 1 is 1.50 bits per heavy atom. The third-order valence-corrected chi connectivity index (χ3v) is 2.30. The van der Waals surface area contributed by atoms with Crippen molar-refractivity contribution in [3.63, 3.8) is 0 Å². The minimum absolute atomic E-state index is 0.0413. The average molecular weight is 228 g/mol. The first-order chi connectivity index (χ1) is 7.28. The second kappa shape index (κ2) is 4.82. The Morgan fingerprint density at radius 3 is 2.62 bits per heavy atom. The molecule has 5 heteroatoms. The Hall–Kier alpha value is -1.10. The number of nitrogens with one attached hydrogen (secondary N) is 1. The van der Waals surface area contributed by atoms with Crippen LogP contribution in [-0.4, -0.2) is 48.6 Å². The van der Waals surface area contributed by atoms with Crippen LogP contribution >= 0.6 is 0 Å². The first kappa shape index (κ1) is 13.0. The number of hydrogen-bond acceptors (Lipinski definition) is 4. The number of piperidine rings is 1. The van der Waals surface area contributed by atoms with Gasteiger partial charge in [0.2, 0.25) is 0 Å². The summed E-state index contributed by atoms with van der Waals surface area (Å²) in [5.41, 5.74) is -0.529. The maximum Gasteiger partial charge on any atom is 0.408 e. The Kier molecular flexibility index (Phi) is 3.91. The number of ether oxygens (including phenoxy) is 1. The van der Waals surface area contributed by atoms with Crippen LogP contribution in [0.5, 0.6) is 0 Å². The van der Waals surface area contributed by atoms with Gasteiger partial charge in [0.05, 0.1) is 12.6 Å². The van der Waals surface area contributed by atoms with Gasteiger partial charge >= 0.3 is 6.09 Å². The van der Waals surface area contributed by atoms with E-state index in [4.69, 9.17) is 4.74 Å². The SMILES string of the molecule is CN1CCC(NC(=O)OC(C)(C)C)C(=O)C1. The lowest BCUT2D eigenvalue weighted by Crippen LogP contribution is -2.51. The minimum atomic E-state index is -0.529. The van der Waals surface area contributed by atoms with Crippen molar-refractivity contribution in [2.24, 2.45) is 0 Å². The summed E-state index contributed by atoms with van der Waals surface area (Å²) >= 11 is 0. The van der Waals surface area contributed by atoms with E-state index in [0.29, 0.717) is 13.0 Å². The van der Waals surface area contributed by atoms with Crippen molar-refractivity contribution in [2.45, 2.75) is 38.8 Å². The van der Waals surface area contributed by atoms with Crippen LogP contribution in [0.4, 0.5) is 4.79 Å². The molecule has 1 heterocycles. The maximum absolute atomic E-state index is 11.6. The van der Waals surface area contributed by atoms with Crippen molar-refractivity contribution in [3.05, 3.63) is 0 Å². The molecule has 1 aliphatic heterocycles. The second-order valence-corrected chi connectivity index (χ2v) is 5.19. The second-order valence-electron chi connectivity index (χ2n) is 5.19. The van der Waals surface area contributed by atoms with Gasteiger partial charge in [-0.3, -0.25) is 9.69 Å². The number of likely N-dealkylation sites (tertiary alicyclic amines) is 1. The molecule has 1 atom stereocenters. The summed E-state index contributed by atoms with van der Waals surface area (Å²) < 4.78 is 5.10. The molecule has 0 aliphatic carbocycles. The van der Waals surface area contributed by atoms with Gasteiger partial charge in [0.25, 0.3) is 0 Å². The minimum Gasteiger partial charge on any atom is -0.444 e. The number of carbonyl (C=O) groups is 2. The van der Waals surface area contributed by atoms with Crippen molar-refractivity contribution >= 4 is 11.9 Å². The van der Waals surface area contributed by atoms with Crippen molar-refractivity contribution in [1.82, 2.24) is 10.2 Å². The summed E-state index contributed by atoms with van der Waals surface area (Å²) in [5, 5.41) is 2.61. The van der Waals surface area contributed by atoms with E-state index in [-0.39, 0.29) is 5.78 Å². The highest BCUT2D eigenvalue weighted by Gasteiger charge is 2.28. The third kappa shape index (κ3) is 4.18. The molecule has 1 amide bonds.